The van der Waals surface area contributed by atoms with Crippen LogP contribution < -0.4 is 10.6 Å². The Morgan fingerprint density at radius 3 is 2.35 bits per heavy atom. The van der Waals surface area contributed by atoms with Gasteiger partial charge >= 0.3 is 0 Å². The average Bonchev–Trinajstić information content (AvgIpc) is 2.99. The number of amides is 2. The highest BCUT2D eigenvalue weighted by molar-refractivity contribution is 5.94. The smallest absolute Gasteiger partial charge is 0.287 e. The molecule has 2 amide bonds. The number of nitrogens with one attached hydrogen (secondary N) is 2. The highest BCUT2D eigenvalue weighted by Crippen LogP contribution is 2.08. The Bertz CT molecular complexity index is 674. The van der Waals surface area contributed by atoms with Gasteiger partial charge in [0.05, 0.1) is 0 Å². The lowest BCUT2D eigenvalue weighted by molar-refractivity contribution is 0.0918. The molecular weight excluding hydrogens is 292 g/mol. The lowest BCUT2D eigenvalue weighted by Crippen LogP contribution is -2.31. The van der Waals surface area contributed by atoms with Gasteiger partial charge in [-0.15, -0.1) is 0 Å². The van der Waals surface area contributed by atoms with Gasteiger partial charge in [-0.2, -0.15) is 0 Å². The first kappa shape index (κ1) is 16.8. The third-order valence-electron chi connectivity index (χ3n) is 3.62. The largest absolute Gasteiger partial charge is 0.456 e. The van der Waals surface area contributed by atoms with E-state index >= 15 is 0 Å². The lowest BCUT2D eigenvalue weighted by Gasteiger charge is -2.11. The molecule has 0 aliphatic heterocycles. The highest BCUT2D eigenvalue weighted by atomic mass is 16.3. The van der Waals surface area contributed by atoms with Gasteiger partial charge in [0, 0.05) is 18.2 Å². The zero-order chi connectivity index (χ0) is 16.8. The number of carbonyl (C=O) groups is 2. The van der Waals surface area contributed by atoms with Gasteiger partial charge in [0.2, 0.25) is 0 Å². The second kappa shape index (κ2) is 7.63. The fraction of sp³-hybridized carbons (Fsp3) is 0.333. The molecule has 5 heteroatoms. The summed E-state index contributed by atoms with van der Waals surface area (Å²) in [4.78, 5) is 23.9. The molecule has 1 aromatic carbocycles. The van der Waals surface area contributed by atoms with E-state index in [0.717, 1.165) is 12.0 Å². The lowest BCUT2D eigenvalue weighted by atomic mass is 10.1. The summed E-state index contributed by atoms with van der Waals surface area (Å²) in [6, 6.07) is 10.7. The predicted molar refractivity (Wildman–Crippen MR) is 88.3 cm³/mol. The van der Waals surface area contributed by atoms with Gasteiger partial charge in [0.25, 0.3) is 11.8 Å². The van der Waals surface area contributed by atoms with E-state index in [9.17, 15) is 9.59 Å². The number of benzene rings is 1. The molecule has 0 aliphatic rings. The summed E-state index contributed by atoms with van der Waals surface area (Å²) in [6.07, 6.45) is 0.891. The molecule has 1 heterocycles. The molecule has 2 aromatic rings. The van der Waals surface area contributed by atoms with Gasteiger partial charge in [-0.25, -0.2) is 0 Å². The first-order valence-electron chi connectivity index (χ1n) is 7.74. The molecule has 0 spiro atoms. The summed E-state index contributed by atoms with van der Waals surface area (Å²) in [6.45, 7) is 6.17. The molecule has 1 aromatic heterocycles. The van der Waals surface area contributed by atoms with Crippen LogP contribution in [0.15, 0.2) is 40.8 Å². The minimum atomic E-state index is -0.253. The van der Waals surface area contributed by atoms with Crippen molar-refractivity contribution >= 4 is 11.8 Å². The molecule has 0 saturated carbocycles. The van der Waals surface area contributed by atoms with Crippen LogP contribution in [0.5, 0.6) is 0 Å². The van der Waals surface area contributed by atoms with E-state index in [0.29, 0.717) is 23.6 Å². The van der Waals surface area contributed by atoms with E-state index in [1.165, 1.54) is 0 Å². The van der Waals surface area contributed by atoms with Crippen molar-refractivity contribution in [2.75, 3.05) is 0 Å². The Kier molecular flexibility index (Phi) is 5.57. The molecule has 2 rings (SSSR count). The number of aryl methyl sites for hydroxylation is 1. The summed E-state index contributed by atoms with van der Waals surface area (Å²) in [5, 5.41) is 5.70. The molecule has 0 bridgehead atoms. The van der Waals surface area contributed by atoms with Crippen LogP contribution in [0.1, 0.15) is 52.5 Å². The fourth-order valence-electron chi connectivity index (χ4n) is 2.01. The van der Waals surface area contributed by atoms with Gasteiger partial charge in [-0.05, 0) is 50.1 Å². The maximum atomic E-state index is 12.0. The number of hydrogen-bond donors (Lipinski definition) is 2. The highest BCUT2D eigenvalue weighted by Gasteiger charge is 2.10. The van der Waals surface area contributed by atoms with E-state index in [1.54, 1.807) is 31.2 Å². The minimum Gasteiger partial charge on any atom is -0.456 e. The zero-order valence-corrected chi connectivity index (χ0v) is 13.7. The molecule has 0 saturated heterocycles. The molecule has 0 fully saturated rings. The Labute approximate surface area is 136 Å². The molecular formula is C18H22N2O3. The van der Waals surface area contributed by atoms with Crippen molar-refractivity contribution in [3.05, 3.63) is 59.0 Å². The Morgan fingerprint density at radius 1 is 1.09 bits per heavy atom. The Morgan fingerprint density at radius 2 is 1.78 bits per heavy atom. The van der Waals surface area contributed by atoms with Crippen molar-refractivity contribution in [2.24, 2.45) is 0 Å². The van der Waals surface area contributed by atoms with Gasteiger partial charge < -0.3 is 15.1 Å². The van der Waals surface area contributed by atoms with Crippen molar-refractivity contribution in [1.29, 1.82) is 0 Å². The minimum absolute atomic E-state index is 0.0824. The SMILES string of the molecule is CC[C@@H](C)NC(=O)c1ccc(CNC(=O)c2ccc(C)o2)cc1. The molecule has 0 radical (unpaired) electrons. The standard InChI is InChI=1S/C18H22N2O3/c1-4-12(2)20-17(21)15-8-6-14(7-9-15)11-19-18(22)16-10-5-13(3)23-16/h5-10,12H,4,11H2,1-3H3,(H,19,22)(H,20,21)/t12-/m1/s1. The predicted octanol–water partition coefficient (Wildman–Crippen LogP) is 3.05. The number of furan rings is 1. The summed E-state index contributed by atoms with van der Waals surface area (Å²) >= 11 is 0. The van der Waals surface area contributed by atoms with Crippen LogP contribution in [0.3, 0.4) is 0 Å². The van der Waals surface area contributed by atoms with Crippen molar-refractivity contribution in [1.82, 2.24) is 10.6 Å². The maximum absolute atomic E-state index is 12.0. The molecule has 5 nitrogen and oxygen atoms in total. The van der Waals surface area contributed by atoms with Crippen LogP contribution in [0.4, 0.5) is 0 Å². The summed E-state index contributed by atoms with van der Waals surface area (Å²) < 4.78 is 5.27. The molecule has 23 heavy (non-hydrogen) atoms. The van der Waals surface area contributed by atoms with Crippen LogP contribution in [-0.4, -0.2) is 17.9 Å². The Balaban J connectivity index is 1.90. The monoisotopic (exact) mass is 314 g/mol. The molecule has 2 N–H and O–H groups in total. The van der Waals surface area contributed by atoms with E-state index in [4.69, 9.17) is 4.42 Å². The van der Waals surface area contributed by atoms with Crippen LogP contribution in [0.2, 0.25) is 0 Å². The van der Waals surface area contributed by atoms with Crippen LogP contribution in [-0.2, 0) is 6.54 Å². The van der Waals surface area contributed by atoms with Gasteiger partial charge in [-0.1, -0.05) is 19.1 Å². The van der Waals surface area contributed by atoms with Crippen LogP contribution in [0, 0.1) is 6.92 Å². The second-order valence-corrected chi connectivity index (χ2v) is 5.57. The third-order valence-corrected chi connectivity index (χ3v) is 3.62. The summed E-state index contributed by atoms with van der Waals surface area (Å²) in [7, 11) is 0. The molecule has 0 unspecified atom stereocenters. The molecule has 0 aliphatic carbocycles. The molecule has 122 valence electrons. The number of hydrogen-bond acceptors (Lipinski definition) is 3. The first-order valence-corrected chi connectivity index (χ1v) is 7.74. The van der Waals surface area contributed by atoms with E-state index < -0.39 is 0 Å². The quantitative estimate of drug-likeness (QED) is 0.861. The van der Waals surface area contributed by atoms with Gasteiger partial charge in [-0.3, -0.25) is 9.59 Å². The number of rotatable bonds is 6. The summed E-state index contributed by atoms with van der Waals surface area (Å²) in [5.74, 6) is 0.663. The first-order chi connectivity index (χ1) is 11.0. The topological polar surface area (TPSA) is 71.3 Å². The van der Waals surface area contributed by atoms with E-state index in [-0.39, 0.29) is 17.9 Å². The van der Waals surface area contributed by atoms with Crippen molar-refractivity contribution in [3.63, 3.8) is 0 Å². The normalized spacial score (nSPS) is 11.8. The van der Waals surface area contributed by atoms with Crippen molar-refractivity contribution in [3.8, 4) is 0 Å². The van der Waals surface area contributed by atoms with E-state index in [1.807, 2.05) is 26.0 Å². The fourth-order valence-corrected chi connectivity index (χ4v) is 2.01. The number of carbonyl (C=O) groups excluding carboxylic acids is 2. The second-order valence-electron chi connectivity index (χ2n) is 5.57. The van der Waals surface area contributed by atoms with Gasteiger partial charge in [0.15, 0.2) is 5.76 Å². The van der Waals surface area contributed by atoms with Gasteiger partial charge in [0.1, 0.15) is 5.76 Å². The van der Waals surface area contributed by atoms with Crippen molar-refractivity contribution < 1.29 is 14.0 Å². The zero-order valence-electron chi connectivity index (χ0n) is 13.7. The van der Waals surface area contributed by atoms with Crippen molar-refractivity contribution in [2.45, 2.75) is 39.8 Å². The molecule has 1 atom stereocenters. The van der Waals surface area contributed by atoms with Crippen LogP contribution in [0.25, 0.3) is 0 Å². The van der Waals surface area contributed by atoms with Crippen LogP contribution >= 0.6 is 0 Å². The van der Waals surface area contributed by atoms with E-state index in [2.05, 4.69) is 10.6 Å². The Hall–Kier alpha value is -2.56. The average molecular weight is 314 g/mol. The third kappa shape index (κ3) is 4.71. The maximum Gasteiger partial charge on any atom is 0.287 e. The summed E-state index contributed by atoms with van der Waals surface area (Å²) in [5.41, 5.74) is 1.53.